The van der Waals surface area contributed by atoms with Crippen molar-refractivity contribution in [2.75, 3.05) is 11.2 Å². The molecule has 1 aliphatic heterocycles. The highest BCUT2D eigenvalue weighted by Gasteiger charge is 2.41. The summed E-state index contributed by atoms with van der Waals surface area (Å²) in [5.41, 5.74) is 3.71. The van der Waals surface area contributed by atoms with Gasteiger partial charge in [-0.2, -0.15) is 0 Å². The molecule has 3 aromatic rings. The van der Waals surface area contributed by atoms with Gasteiger partial charge in [0.25, 0.3) is 0 Å². The molecule has 8 heteroatoms. The number of amides is 1. The zero-order valence-electron chi connectivity index (χ0n) is 21.6. The second kappa shape index (κ2) is 9.10. The van der Waals surface area contributed by atoms with E-state index < -0.39 is 27.1 Å². The van der Waals surface area contributed by atoms with Crippen molar-refractivity contribution in [3.05, 3.63) is 83.1 Å². The lowest BCUT2D eigenvalue weighted by atomic mass is 9.72. The summed E-state index contributed by atoms with van der Waals surface area (Å²) in [6, 6.07) is 19.8. The van der Waals surface area contributed by atoms with E-state index in [2.05, 4.69) is 10.2 Å². The van der Waals surface area contributed by atoms with Gasteiger partial charge in [-0.1, -0.05) is 42.5 Å². The average molecular weight is 521 g/mol. The van der Waals surface area contributed by atoms with Gasteiger partial charge in [0.2, 0.25) is 14.9 Å². The summed E-state index contributed by atoms with van der Waals surface area (Å²) in [5, 5.41) is 3.08. The van der Waals surface area contributed by atoms with Crippen molar-refractivity contribution in [2.24, 2.45) is 0 Å². The smallest absolute Gasteiger partial charge is 0.408 e. The molecule has 7 nitrogen and oxygen atoms in total. The highest BCUT2D eigenvalue weighted by Crippen LogP contribution is 2.43. The number of nitrogens with zero attached hydrogens (tertiary/aromatic N) is 1. The van der Waals surface area contributed by atoms with Gasteiger partial charge >= 0.3 is 6.09 Å². The van der Waals surface area contributed by atoms with E-state index >= 15 is 0 Å². The summed E-state index contributed by atoms with van der Waals surface area (Å²) in [5.74, 6) is 0.603. The van der Waals surface area contributed by atoms with E-state index in [1.807, 2.05) is 81.4 Å². The Labute approximate surface area is 218 Å². The fraction of sp³-hybridized carbons (Fsp3) is 0.345. The average Bonchev–Trinajstić information content (AvgIpc) is 3.24. The Morgan fingerprint density at radius 2 is 1.73 bits per heavy atom. The largest absolute Gasteiger partial charge is 0.447 e. The number of hydrogen-bond acceptors (Lipinski definition) is 6. The number of nitrogens with one attached hydrogen (secondary N) is 1. The van der Waals surface area contributed by atoms with Crippen LogP contribution in [0.2, 0.25) is 0 Å². The van der Waals surface area contributed by atoms with E-state index in [4.69, 9.17) is 9.15 Å². The van der Waals surface area contributed by atoms with E-state index in [1.165, 1.54) is 0 Å². The predicted molar refractivity (Wildman–Crippen MR) is 144 cm³/mol. The topological polar surface area (TPSA) is 88.8 Å². The van der Waals surface area contributed by atoms with E-state index in [9.17, 15) is 13.2 Å². The van der Waals surface area contributed by atoms with E-state index in [-0.39, 0.29) is 5.09 Å². The fourth-order valence-electron chi connectivity index (χ4n) is 4.85. The van der Waals surface area contributed by atoms with Gasteiger partial charge in [0, 0.05) is 29.3 Å². The zero-order chi connectivity index (χ0) is 26.4. The molecule has 1 amide bonds. The van der Waals surface area contributed by atoms with Crippen molar-refractivity contribution in [3.8, 4) is 0 Å². The number of rotatable bonds is 5. The van der Waals surface area contributed by atoms with Crippen LogP contribution in [0.1, 0.15) is 62.5 Å². The first-order chi connectivity index (χ1) is 17.4. The molecule has 1 saturated carbocycles. The molecule has 0 atom stereocenters. The Bertz CT molecular complexity index is 1440. The van der Waals surface area contributed by atoms with Crippen LogP contribution in [0.15, 0.2) is 70.2 Å². The van der Waals surface area contributed by atoms with Crippen LogP contribution < -0.4 is 10.2 Å². The molecule has 2 heterocycles. The predicted octanol–water partition coefficient (Wildman–Crippen LogP) is 6.11. The molecule has 1 fully saturated rings. The van der Waals surface area contributed by atoms with Gasteiger partial charge in [0.15, 0.2) is 0 Å². The Kier molecular flexibility index (Phi) is 6.18. The molecule has 37 heavy (non-hydrogen) atoms. The van der Waals surface area contributed by atoms with Gasteiger partial charge in [-0.3, -0.25) is 0 Å². The monoisotopic (exact) mass is 520 g/mol. The molecule has 0 saturated heterocycles. The van der Waals surface area contributed by atoms with Crippen LogP contribution in [0.3, 0.4) is 0 Å². The molecule has 2 aromatic carbocycles. The third kappa shape index (κ3) is 5.16. The van der Waals surface area contributed by atoms with Gasteiger partial charge < -0.3 is 19.4 Å². The summed E-state index contributed by atoms with van der Waals surface area (Å²) in [4.78, 5) is 14.7. The molecule has 1 aliphatic carbocycles. The third-order valence-electron chi connectivity index (χ3n) is 6.82. The minimum Gasteiger partial charge on any atom is -0.447 e. The molecule has 0 unspecified atom stereocenters. The SMILES string of the molecule is CC(C)(C)OC(=O)NC1(c2ccc(N3Cc4oc(S(C)(=O)=O)cc4C=C3c3ccccc3)cc2)CCC1. The molecule has 194 valence electrons. The maximum atomic E-state index is 12.5. The Morgan fingerprint density at radius 1 is 1.05 bits per heavy atom. The van der Waals surface area contributed by atoms with Crippen molar-refractivity contribution < 1.29 is 22.4 Å². The van der Waals surface area contributed by atoms with E-state index in [0.717, 1.165) is 53.6 Å². The van der Waals surface area contributed by atoms with Gasteiger partial charge in [0.05, 0.1) is 12.1 Å². The number of anilines is 1. The molecule has 1 aromatic heterocycles. The highest BCUT2D eigenvalue weighted by molar-refractivity contribution is 7.90. The zero-order valence-corrected chi connectivity index (χ0v) is 22.4. The lowest BCUT2D eigenvalue weighted by Crippen LogP contribution is -2.52. The number of carbonyl (C=O) groups excluding carboxylic acids is 1. The summed E-state index contributed by atoms with van der Waals surface area (Å²) >= 11 is 0. The minimum absolute atomic E-state index is 0.0292. The standard InChI is InChI=1S/C29H32N2O5S/c1-28(2,3)36-27(32)30-29(15-8-16-29)22-11-13-23(14-12-22)31-19-25-21(18-26(35-25)37(4,33)34)17-24(31)20-9-6-5-7-10-20/h5-7,9-14,17-18H,8,15-16,19H2,1-4H3,(H,30,32). The van der Waals surface area contributed by atoms with Crippen molar-refractivity contribution >= 4 is 33.4 Å². The number of ether oxygens (including phenoxy) is 1. The van der Waals surface area contributed by atoms with Crippen molar-refractivity contribution in [2.45, 2.75) is 62.8 Å². The lowest BCUT2D eigenvalue weighted by molar-refractivity contribution is 0.0377. The fourth-order valence-corrected chi connectivity index (χ4v) is 5.45. The molecular weight excluding hydrogens is 488 g/mol. The molecular formula is C29H32N2O5S. The van der Waals surface area contributed by atoms with Crippen molar-refractivity contribution in [1.29, 1.82) is 0 Å². The molecule has 5 rings (SSSR count). The Hall–Kier alpha value is -3.52. The van der Waals surface area contributed by atoms with Crippen molar-refractivity contribution in [3.63, 3.8) is 0 Å². The van der Waals surface area contributed by atoms with E-state index in [1.54, 1.807) is 6.07 Å². The number of benzene rings is 2. The molecule has 0 spiro atoms. The number of fused-ring (bicyclic) bond motifs is 1. The second-order valence-corrected chi connectivity index (χ2v) is 12.8. The first-order valence-corrected chi connectivity index (χ1v) is 14.3. The normalized spacial score (nSPS) is 16.9. The maximum absolute atomic E-state index is 12.5. The third-order valence-corrected chi connectivity index (χ3v) is 7.75. The minimum atomic E-state index is -3.46. The summed E-state index contributed by atoms with van der Waals surface area (Å²) in [6.45, 7) is 5.96. The number of furan rings is 1. The van der Waals surface area contributed by atoms with Gasteiger partial charge in [-0.15, -0.1) is 0 Å². The van der Waals surface area contributed by atoms with Crippen molar-refractivity contribution in [1.82, 2.24) is 5.32 Å². The number of alkyl carbamates (subject to hydrolysis) is 1. The first-order valence-electron chi connectivity index (χ1n) is 12.4. The van der Waals surface area contributed by atoms with Crippen LogP contribution in [0.5, 0.6) is 0 Å². The lowest BCUT2D eigenvalue weighted by Gasteiger charge is -2.43. The molecule has 0 radical (unpaired) electrons. The Balaban J connectivity index is 1.46. The second-order valence-electron chi connectivity index (χ2n) is 10.8. The molecule has 2 aliphatic rings. The number of sulfone groups is 1. The van der Waals surface area contributed by atoms with Gasteiger partial charge in [-0.05, 0) is 69.4 Å². The summed E-state index contributed by atoms with van der Waals surface area (Å²) in [7, 11) is -3.46. The summed E-state index contributed by atoms with van der Waals surface area (Å²) in [6.07, 6.45) is 5.46. The maximum Gasteiger partial charge on any atom is 0.408 e. The van der Waals surface area contributed by atoms with Crippen LogP contribution in [-0.2, 0) is 26.7 Å². The van der Waals surface area contributed by atoms with E-state index in [0.29, 0.717) is 12.3 Å². The highest BCUT2D eigenvalue weighted by atomic mass is 32.2. The van der Waals surface area contributed by atoms with Crippen LogP contribution in [0.4, 0.5) is 10.5 Å². The summed E-state index contributed by atoms with van der Waals surface area (Å²) < 4.78 is 35.5. The van der Waals surface area contributed by atoms with Crippen LogP contribution in [0, 0.1) is 0 Å². The molecule has 1 N–H and O–H groups in total. The Morgan fingerprint density at radius 3 is 2.30 bits per heavy atom. The number of carbonyl (C=O) groups is 1. The van der Waals surface area contributed by atoms with Crippen LogP contribution in [0.25, 0.3) is 11.8 Å². The van der Waals surface area contributed by atoms with Crippen LogP contribution >= 0.6 is 0 Å². The first kappa shape index (κ1) is 25.1. The van der Waals surface area contributed by atoms with Crippen LogP contribution in [-0.4, -0.2) is 26.4 Å². The quantitative estimate of drug-likeness (QED) is 0.437. The van der Waals surface area contributed by atoms with Gasteiger partial charge in [0.1, 0.15) is 11.4 Å². The molecule has 0 bridgehead atoms. The number of hydrogen-bond donors (Lipinski definition) is 1. The van der Waals surface area contributed by atoms with Gasteiger partial charge in [-0.25, -0.2) is 13.2 Å².